The first-order chi connectivity index (χ1) is 9.07. The number of piperidine rings is 1. The van der Waals surface area contributed by atoms with E-state index in [1.165, 1.54) is 0 Å². The number of carbonyl (C=O) groups is 3. The average molecular weight is 268 g/mol. The summed E-state index contributed by atoms with van der Waals surface area (Å²) in [7, 11) is 0. The van der Waals surface area contributed by atoms with Gasteiger partial charge in [-0.3, -0.25) is 14.9 Å². The highest BCUT2D eigenvalue weighted by Crippen LogP contribution is 2.25. The van der Waals surface area contributed by atoms with Crippen molar-refractivity contribution in [1.29, 1.82) is 0 Å². The van der Waals surface area contributed by atoms with Crippen molar-refractivity contribution in [2.24, 2.45) is 5.73 Å². The van der Waals surface area contributed by atoms with Crippen LogP contribution < -0.4 is 16.4 Å². The van der Waals surface area contributed by atoms with Crippen LogP contribution in [0.3, 0.4) is 0 Å². The third-order valence-corrected chi connectivity index (χ3v) is 3.70. The molecule has 2 saturated heterocycles. The molecule has 0 bridgehead atoms. The third kappa shape index (κ3) is 2.86. The number of unbranched alkanes of at least 4 members (excludes halogenated alkanes) is 1. The van der Waals surface area contributed by atoms with Crippen molar-refractivity contribution in [2.75, 3.05) is 19.6 Å². The van der Waals surface area contributed by atoms with Gasteiger partial charge in [-0.1, -0.05) is 0 Å². The van der Waals surface area contributed by atoms with E-state index < -0.39 is 11.6 Å². The lowest BCUT2D eigenvalue weighted by Gasteiger charge is -2.38. The Hall–Kier alpha value is -1.63. The summed E-state index contributed by atoms with van der Waals surface area (Å²) in [6.07, 6.45) is 3.33. The number of hydrogen-bond donors (Lipinski definition) is 3. The summed E-state index contributed by atoms with van der Waals surface area (Å²) >= 11 is 0. The van der Waals surface area contributed by atoms with Gasteiger partial charge >= 0.3 is 6.03 Å². The SMILES string of the molecule is NCCCCC(=O)N1CCCC2(C1)NC(=O)NC2=O. The molecule has 106 valence electrons. The van der Waals surface area contributed by atoms with Gasteiger partial charge in [0.15, 0.2) is 0 Å². The van der Waals surface area contributed by atoms with Crippen molar-refractivity contribution in [3.8, 4) is 0 Å². The van der Waals surface area contributed by atoms with E-state index in [2.05, 4.69) is 10.6 Å². The highest BCUT2D eigenvalue weighted by atomic mass is 16.2. The Morgan fingerprint density at radius 3 is 2.79 bits per heavy atom. The molecule has 7 heteroatoms. The van der Waals surface area contributed by atoms with Crippen LogP contribution in [0, 0.1) is 0 Å². The van der Waals surface area contributed by atoms with E-state index in [9.17, 15) is 14.4 Å². The van der Waals surface area contributed by atoms with Crippen LogP contribution >= 0.6 is 0 Å². The van der Waals surface area contributed by atoms with Gasteiger partial charge in [-0.25, -0.2) is 4.79 Å². The van der Waals surface area contributed by atoms with Crippen molar-refractivity contribution in [3.63, 3.8) is 0 Å². The minimum atomic E-state index is -0.918. The predicted octanol–water partition coefficient (Wildman–Crippen LogP) is -0.684. The number of nitrogens with two attached hydrogens (primary N) is 1. The summed E-state index contributed by atoms with van der Waals surface area (Å²) in [6.45, 7) is 1.49. The Labute approximate surface area is 111 Å². The van der Waals surface area contributed by atoms with Crippen LogP contribution in [0.2, 0.25) is 0 Å². The Morgan fingerprint density at radius 1 is 1.37 bits per heavy atom. The normalized spacial score (nSPS) is 26.5. The number of amides is 4. The van der Waals surface area contributed by atoms with E-state index in [-0.39, 0.29) is 18.4 Å². The monoisotopic (exact) mass is 268 g/mol. The van der Waals surface area contributed by atoms with Crippen molar-refractivity contribution < 1.29 is 14.4 Å². The van der Waals surface area contributed by atoms with Gasteiger partial charge in [0.2, 0.25) is 5.91 Å². The zero-order chi connectivity index (χ0) is 13.9. The molecule has 0 aliphatic carbocycles. The number of likely N-dealkylation sites (tertiary alicyclic amines) is 1. The predicted molar refractivity (Wildman–Crippen MR) is 68.1 cm³/mol. The molecule has 2 heterocycles. The number of imide groups is 1. The van der Waals surface area contributed by atoms with Gasteiger partial charge in [-0.2, -0.15) is 0 Å². The molecule has 7 nitrogen and oxygen atoms in total. The molecule has 0 saturated carbocycles. The van der Waals surface area contributed by atoms with E-state index in [1.807, 2.05) is 0 Å². The van der Waals surface area contributed by atoms with Gasteiger partial charge in [0.1, 0.15) is 5.54 Å². The summed E-state index contributed by atoms with van der Waals surface area (Å²) < 4.78 is 0. The fraction of sp³-hybridized carbons (Fsp3) is 0.750. The minimum Gasteiger partial charge on any atom is -0.340 e. The molecule has 0 aromatic heterocycles. The van der Waals surface area contributed by atoms with Gasteiger partial charge in [-0.05, 0) is 32.2 Å². The Bertz CT molecular complexity index is 398. The smallest absolute Gasteiger partial charge is 0.322 e. The molecule has 0 aromatic rings. The molecule has 0 radical (unpaired) electrons. The van der Waals surface area contributed by atoms with Crippen LogP contribution in [-0.4, -0.2) is 47.9 Å². The summed E-state index contributed by atoms with van der Waals surface area (Å²) in [4.78, 5) is 36.8. The molecule has 2 aliphatic rings. The van der Waals surface area contributed by atoms with Crippen molar-refractivity contribution in [2.45, 2.75) is 37.6 Å². The maximum Gasteiger partial charge on any atom is 0.322 e. The maximum absolute atomic E-state index is 12.0. The minimum absolute atomic E-state index is 0.0291. The number of hydrogen-bond acceptors (Lipinski definition) is 4. The summed E-state index contributed by atoms with van der Waals surface area (Å²) in [5.41, 5.74) is 4.48. The van der Waals surface area contributed by atoms with E-state index >= 15 is 0 Å². The second kappa shape index (κ2) is 5.56. The van der Waals surface area contributed by atoms with Crippen LogP contribution in [0.15, 0.2) is 0 Å². The Balaban J connectivity index is 1.95. The fourth-order valence-electron chi connectivity index (χ4n) is 2.66. The van der Waals surface area contributed by atoms with Gasteiger partial charge < -0.3 is 16.0 Å². The molecule has 2 fully saturated rings. The van der Waals surface area contributed by atoms with Crippen LogP contribution in [0.1, 0.15) is 32.1 Å². The Kier molecular flexibility index (Phi) is 4.04. The average Bonchev–Trinajstić information content (AvgIpc) is 2.64. The first-order valence-electron chi connectivity index (χ1n) is 6.69. The lowest BCUT2D eigenvalue weighted by atomic mass is 9.89. The van der Waals surface area contributed by atoms with E-state index in [1.54, 1.807) is 4.90 Å². The lowest BCUT2D eigenvalue weighted by molar-refractivity contribution is -0.136. The molecule has 4 N–H and O–H groups in total. The van der Waals surface area contributed by atoms with Crippen LogP contribution in [0.4, 0.5) is 4.79 Å². The first kappa shape index (κ1) is 13.8. The van der Waals surface area contributed by atoms with E-state index in [0.717, 1.165) is 19.3 Å². The highest BCUT2D eigenvalue weighted by molar-refractivity contribution is 6.07. The van der Waals surface area contributed by atoms with Crippen molar-refractivity contribution >= 4 is 17.8 Å². The molecular formula is C12H20N4O3. The lowest BCUT2D eigenvalue weighted by Crippen LogP contribution is -2.59. The first-order valence-corrected chi connectivity index (χ1v) is 6.69. The second-order valence-corrected chi connectivity index (χ2v) is 5.15. The van der Waals surface area contributed by atoms with Gasteiger partial charge in [0, 0.05) is 13.0 Å². The Morgan fingerprint density at radius 2 is 2.16 bits per heavy atom. The maximum atomic E-state index is 12.0. The standard InChI is InChI=1S/C12H20N4O3/c13-6-2-1-4-9(17)16-7-3-5-12(8-16)10(18)14-11(19)15-12/h1-8,13H2,(H2,14,15,18,19). The number of nitrogens with one attached hydrogen (secondary N) is 2. The van der Waals surface area contributed by atoms with E-state index in [0.29, 0.717) is 25.9 Å². The third-order valence-electron chi connectivity index (χ3n) is 3.70. The second-order valence-electron chi connectivity index (χ2n) is 5.15. The molecule has 0 aromatic carbocycles. The largest absolute Gasteiger partial charge is 0.340 e. The fourth-order valence-corrected chi connectivity index (χ4v) is 2.66. The molecule has 2 rings (SSSR count). The molecule has 19 heavy (non-hydrogen) atoms. The molecule has 4 amide bonds. The molecule has 2 aliphatic heterocycles. The summed E-state index contributed by atoms with van der Waals surface area (Å²) in [5.74, 6) is -0.293. The number of carbonyl (C=O) groups excluding carboxylic acids is 3. The quantitative estimate of drug-likeness (QED) is 0.464. The molecule has 1 atom stereocenters. The molecule has 1 spiro atoms. The number of rotatable bonds is 4. The van der Waals surface area contributed by atoms with Crippen LogP contribution in [-0.2, 0) is 9.59 Å². The zero-order valence-corrected chi connectivity index (χ0v) is 10.9. The number of nitrogens with zero attached hydrogens (tertiary/aromatic N) is 1. The van der Waals surface area contributed by atoms with Crippen LogP contribution in [0.25, 0.3) is 0 Å². The van der Waals surface area contributed by atoms with Gasteiger partial charge in [0.05, 0.1) is 6.54 Å². The molecular weight excluding hydrogens is 248 g/mol. The highest BCUT2D eigenvalue weighted by Gasteiger charge is 2.49. The van der Waals surface area contributed by atoms with Crippen molar-refractivity contribution in [3.05, 3.63) is 0 Å². The van der Waals surface area contributed by atoms with Gasteiger partial charge in [0.25, 0.3) is 5.91 Å². The summed E-state index contributed by atoms with van der Waals surface area (Å²) in [6, 6.07) is -0.470. The molecule has 1 unspecified atom stereocenters. The summed E-state index contributed by atoms with van der Waals surface area (Å²) in [5, 5.41) is 4.90. The van der Waals surface area contributed by atoms with E-state index in [4.69, 9.17) is 5.73 Å². The topological polar surface area (TPSA) is 105 Å². The van der Waals surface area contributed by atoms with Crippen LogP contribution in [0.5, 0.6) is 0 Å². The zero-order valence-electron chi connectivity index (χ0n) is 10.9. The van der Waals surface area contributed by atoms with Crippen molar-refractivity contribution in [1.82, 2.24) is 15.5 Å². The van der Waals surface area contributed by atoms with Gasteiger partial charge in [-0.15, -0.1) is 0 Å². The number of urea groups is 1.